The van der Waals surface area contributed by atoms with Crippen molar-refractivity contribution in [2.45, 2.75) is 102 Å². The molecule has 0 radical (unpaired) electrons. The fourth-order valence-electron chi connectivity index (χ4n) is 9.64. The van der Waals surface area contributed by atoms with E-state index in [1.165, 1.54) is 0 Å². The third-order valence-corrected chi connectivity index (χ3v) is 12.2. The van der Waals surface area contributed by atoms with Gasteiger partial charge in [-0.2, -0.15) is 15.1 Å². The lowest BCUT2D eigenvalue weighted by molar-refractivity contribution is -0.0701. The predicted octanol–water partition coefficient (Wildman–Crippen LogP) is 3.27. The molecule has 0 spiro atoms. The molecule has 3 N–H and O–H groups in total. The summed E-state index contributed by atoms with van der Waals surface area (Å²) in [4.78, 5) is 14.5. The first kappa shape index (κ1) is 34.6. The van der Waals surface area contributed by atoms with Gasteiger partial charge in [0.1, 0.15) is 28.0 Å². The zero-order chi connectivity index (χ0) is 35.5. The van der Waals surface area contributed by atoms with Crippen LogP contribution in [-0.2, 0) is 14.2 Å². The summed E-state index contributed by atoms with van der Waals surface area (Å²) < 4.78 is 41.7. The minimum Gasteiger partial charge on any atom is -0.482 e. The number of rotatable bonds is 7. The number of aliphatic hydroxyl groups is 1. The summed E-state index contributed by atoms with van der Waals surface area (Å²) in [5.41, 5.74) is 2.39. The lowest BCUT2D eigenvalue weighted by Crippen LogP contribution is -2.57. The van der Waals surface area contributed by atoms with Gasteiger partial charge in [0.2, 0.25) is 5.88 Å². The second-order valence-electron chi connectivity index (χ2n) is 15.8. The summed E-state index contributed by atoms with van der Waals surface area (Å²) in [6.45, 7) is 11.5. The van der Waals surface area contributed by atoms with Crippen LogP contribution in [-0.4, -0.2) is 107 Å². The standard InChI is InChI=1S/C38H52FN7O5/c1-22-16-27-26(18-40-44-27)29(24(22)3)32-31(39)33-30(35(41-32)48-5)34(45-13-15-49-20-37(4,47)19-45)43-36(42-33)51-21-38-10-6-8-28(38)46(12-7-11-38)25-9-14-50-23(2)17-25/h16,18,23,25,28,32,41,47H,6-15,17,19-21H2,1-5H3,(H,40,44)/t23-,25+,28+,32?,37-,38+/m0/s1. The average Bonchev–Trinajstić information content (AvgIpc) is 3.72. The largest absolute Gasteiger partial charge is 0.482 e. The van der Waals surface area contributed by atoms with Crippen LogP contribution in [0, 0.1) is 19.3 Å². The fourth-order valence-corrected chi connectivity index (χ4v) is 9.64. The van der Waals surface area contributed by atoms with Gasteiger partial charge in [0.15, 0.2) is 5.83 Å². The number of anilines is 1. The monoisotopic (exact) mass is 705 g/mol. The van der Waals surface area contributed by atoms with Gasteiger partial charge in [0, 0.05) is 36.0 Å². The number of β-amino-alcohol motifs (C(OH)–C–C–N with tert-alkyl or cyclic N) is 1. The Hall–Kier alpha value is -3.52. The van der Waals surface area contributed by atoms with Gasteiger partial charge in [-0.25, -0.2) is 4.39 Å². The van der Waals surface area contributed by atoms with Crippen molar-refractivity contribution in [3.63, 3.8) is 0 Å². The Kier molecular flexibility index (Phi) is 9.13. The van der Waals surface area contributed by atoms with E-state index in [4.69, 9.17) is 28.9 Å². The zero-order valence-electron chi connectivity index (χ0n) is 30.6. The highest BCUT2D eigenvalue weighted by molar-refractivity contribution is 5.86. The first-order valence-corrected chi connectivity index (χ1v) is 18.7. The van der Waals surface area contributed by atoms with E-state index in [2.05, 4.69) is 27.3 Å². The number of H-pyrrole nitrogens is 1. The molecule has 51 heavy (non-hydrogen) atoms. The Morgan fingerprint density at radius 1 is 1.14 bits per heavy atom. The SMILES string of the molecule is COC1=c2c(N3CCOC[C@@](C)(O)C3)nc(OC[C@]34CCC[C@H]3N([C@@H]3CCO[C@@H](C)C3)CCC4)nc2=C(F)C(c2c(C)c(C)cc3[nH]ncc23)N1. The number of hydrogen-bond donors (Lipinski definition) is 3. The van der Waals surface area contributed by atoms with E-state index >= 15 is 4.39 Å². The van der Waals surface area contributed by atoms with Crippen LogP contribution < -0.4 is 25.5 Å². The number of ether oxygens (including phenoxy) is 4. The van der Waals surface area contributed by atoms with Gasteiger partial charge in [-0.3, -0.25) is 10.00 Å². The van der Waals surface area contributed by atoms with Crippen molar-refractivity contribution < 1.29 is 28.4 Å². The van der Waals surface area contributed by atoms with Crippen LogP contribution in [0.15, 0.2) is 12.3 Å². The Morgan fingerprint density at radius 2 is 1.98 bits per heavy atom. The molecule has 0 bridgehead atoms. The Bertz CT molecular complexity index is 1920. The van der Waals surface area contributed by atoms with Crippen molar-refractivity contribution in [3.05, 3.63) is 39.5 Å². The van der Waals surface area contributed by atoms with Gasteiger partial charge in [0.05, 0.1) is 51.3 Å². The van der Waals surface area contributed by atoms with E-state index in [9.17, 15) is 5.11 Å². The van der Waals surface area contributed by atoms with E-state index in [0.717, 1.165) is 85.7 Å². The smallest absolute Gasteiger partial charge is 0.319 e. The number of hydrogen-bond acceptors (Lipinski definition) is 11. The molecule has 12 nitrogen and oxygen atoms in total. The van der Waals surface area contributed by atoms with E-state index < -0.39 is 17.5 Å². The van der Waals surface area contributed by atoms with Crippen molar-refractivity contribution in [3.8, 4) is 6.01 Å². The number of piperidine rings is 1. The third-order valence-electron chi connectivity index (χ3n) is 12.2. The highest BCUT2D eigenvalue weighted by Gasteiger charge is 2.50. The molecule has 1 aromatic carbocycles. The van der Waals surface area contributed by atoms with E-state index in [1.54, 1.807) is 20.2 Å². The Morgan fingerprint density at radius 3 is 2.80 bits per heavy atom. The summed E-state index contributed by atoms with van der Waals surface area (Å²) in [5, 5.41) is 23.2. The molecule has 4 aliphatic heterocycles. The van der Waals surface area contributed by atoms with Crippen LogP contribution in [0.25, 0.3) is 22.6 Å². The molecule has 8 rings (SSSR count). The van der Waals surface area contributed by atoms with E-state index in [0.29, 0.717) is 48.8 Å². The van der Waals surface area contributed by atoms with Gasteiger partial charge in [-0.1, -0.05) is 6.42 Å². The molecule has 6 heterocycles. The predicted molar refractivity (Wildman–Crippen MR) is 191 cm³/mol. The van der Waals surface area contributed by atoms with Crippen LogP contribution in [0.1, 0.15) is 81.5 Å². The molecule has 13 heteroatoms. The number of nitrogens with zero attached hydrogens (tertiary/aromatic N) is 5. The van der Waals surface area contributed by atoms with Crippen molar-refractivity contribution in [2.24, 2.45) is 5.41 Å². The topological polar surface area (TPSA) is 130 Å². The molecular formula is C38H52FN7O5. The molecular weight excluding hydrogens is 653 g/mol. The number of halogens is 1. The third kappa shape index (κ3) is 6.23. The number of methoxy groups -OCH3 is 1. The molecule has 5 aliphatic rings. The summed E-state index contributed by atoms with van der Waals surface area (Å²) in [6.07, 6.45) is 9.71. The van der Waals surface area contributed by atoms with Crippen LogP contribution >= 0.6 is 0 Å². The Labute approximate surface area is 298 Å². The van der Waals surface area contributed by atoms with Crippen molar-refractivity contribution in [1.29, 1.82) is 0 Å². The molecule has 1 unspecified atom stereocenters. The van der Waals surface area contributed by atoms with Gasteiger partial charge in [-0.15, -0.1) is 0 Å². The maximum Gasteiger partial charge on any atom is 0.319 e. The van der Waals surface area contributed by atoms with Gasteiger partial charge in [-0.05, 0) is 95.5 Å². The summed E-state index contributed by atoms with van der Waals surface area (Å²) >= 11 is 0. The normalized spacial score (nSPS) is 31.6. The number of aryl methyl sites for hydroxylation is 1. The molecule has 1 saturated carbocycles. The summed E-state index contributed by atoms with van der Waals surface area (Å²) in [5.74, 6) is 0.334. The molecule has 1 aliphatic carbocycles. The number of aromatic nitrogens is 4. The minimum absolute atomic E-state index is 0.0267. The maximum atomic E-state index is 17.3. The first-order chi connectivity index (χ1) is 24.6. The minimum atomic E-state index is -1.15. The lowest BCUT2D eigenvalue weighted by Gasteiger charge is -2.50. The highest BCUT2D eigenvalue weighted by atomic mass is 19.1. The van der Waals surface area contributed by atoms with Crippen molar-refractivity contribution in [2.75, 3.05) is 58.1 Å². The molecule has 2 aromatic heterocycles. The summed E-state index contributed by atoms with van der Waals surface area (Å²) in [7, 11) is 1.56. The molecule has 4 fully saturated rings. The summed E-state index contributed by atoms with van der Waals surface area (Å²) in [6, 6.07) is 2.21. The highest BCUT2D eigenvalue weighted by Crippen LogP contribution is 2.49. The van der Waals surface area contributed by atoms with Crippen LogP contribution in [0.3, 0.4) is 0 Å². The van der Waals surface area contributed by atoms with E-state index in [1.807, 2.05) is 24.8 Å². The van der Waals surface area contributed by atoms with Crippen molar-refractivity contribution in [1.82, 2.24) is 30.4 Å². The molecule has 3 aromatic rings. The lowest BCUT2D eigenvalue weighted by atomic mass is 9.74. The Balaban J connectivity index is 1.22. The fraction of sp³-hybridized carbons (Fsp3) is 0.658. The quantitative estimate of drug-likeness (QED) is 0.335. The van der Waals surface area contributed by atoms with E-state index in [-0.39, 0.29) is 36.0 Å². The van der Waals surface area contributed by atoms with Crippen LogP contribution in [0.5, 0.6) is 6.01 Å². The second-order valence-corrected chi connectivity index (χ2v) is 15.8. The number of aromatic amines is 1. The van der Waals surface area contributed by atoms with Crippen LogP contribution in [0.2, 0.25) is 0 Å². The van der Waals surface area contributed by atoms with Crippen molar-refractivity contribution >= 4 is 28.4 Å². The number of likely N-dealkylation sites (tertiary alicyclic amines) is 1. The van der Waals surface area contributed by atoms with Gasteiger partial charge < -0.3 is 34.3 Å². The first-order valence-electron chi connectivity index (χ1n) is 18.7. The molecule has 6 atom stereocenters. The molecule has 3 saturated heterocycles. The average molecular weight is 706 g/mol. The number of nitrogens with one attached hydrogen (secondary N) is 2. The molecule has 0 amide bonds. The zero-order valence-corrected chi connectivity index (χ0v) is 30.6. The van der Waals surface area contributed by atoms with Gasteiger partial charge in [0.25, 0.3) is 0 Å². The second kappa shape index (κ2) is 13.5. The number of fused-ring (bicyclic) bond motifs is 3. The molecule has 276 valence electrons. The maximum absolute atomic E-state index is 17.3. The van der Waals surface area contributed by atoms with Gasteiger partial charge >= 0.3 is 6.01 Å². The van der Waals surface area contributed by atoms with Crippen LogP contribution in [0.4, 0.5) is 10.2 Å². The number of benzene rings is 1.